The van der Waals surface area contributed by atoms with Gasteiger partial charge in [-0.1, -0.05) is 11.6 Å². The second kappa shape index (κ2) is 7.45. The standard InChI is InChI=1S/C18H18ClNO4/c1-2-20-18(21)13-3-5-14(6-4-13)24-11-12-9-15(19)17-16(10-12)22-7-8-23-17/h3-6,9-10H,2,7-8,11H2,1H3,(H,20,21). The van der Waals surface area contributed by atoms with Gasteiger partial charge in [0.05, 0.1) is 5.02 Å². The predicted molar refractivity (Wildman–Crippen MR) is 91.2 cm³/mol. The molecule has 1 aliphatic rings. The van der Waals surface area contributed by atoms with Crippen molar-refractivity contribution in [1.29, 1.82) is 0 Å². The molecule has 0 unspecified atom stereocenters. The van der Waals surface area contributed by atoms with Crippen molar-refractivity contribution in [2.45, 2.75) is 13.5 Å². The van der Waals surface area contributed by atoms with Crippen LogP contribution >= 0.6 is 11.6 Å². The van der Waals surface area contributed by atoms with Crippen LogP contribution in [0.3, 0.4) is 0 Å². The smallest absolute Gasteiger partial charge is 0.251 e. The molecule has 0 saturated heterocycles. The molecule has 0 aromatic heterocycles. The molecule has 24 heavy (non-hydrogen) atoms. The number of amides is 1. The molecule has 126 valence electrons. The van der Waals surface area contributed by atoms with Crippen molar-refractivity contribution < 1.29 is 19.0 Å². The number of ether oxygens (including phenoxy) is 3. The Morgan fingerprint density at radius 2 is 1.96 bits per heavy atom. The van der Waals surface area contributed by atoms with Gasteiger partial charge in [-0.15, -0.1) is 0 Å². The van der Waals surface area contributed by atoms with E-state index in [1.165, 1.54) is 0 Å². The van der Waals surface area contributed by atoms with Crippen molar-refractivity contribution in [2.75, 3.05) is 19.8 Å². The van der Waals surface area contributed by atoms with Gasteiger partial charge in [0, 0.05) is 12.1 Å². The Labute approximate surface area is 145 Å². The Balaban J connectivity index is 1.65. The molecule has 0 saturated carbocycles. The molecule has 0 radical (unpaired) electrons. The van der Waals surface area contributed by atoms with E-state index in [1.54, 1.807) is 30.3 Å². The zero-order valence-corrected chi connectivity index (χ0v) is 14.1. The van der Waals surface area contributed by atoms with E-state index < -0.39 is 0 Å². The number of carbonyl (C=O) groups excluding carboxylic acids is 1. The summed E-state index contributed by atoms with van der Waals surface area (Å²) in [7, 11) is 0. The molecule has 5 nitrogen and oxygen atoms in total. The van der Waals surface area contributed by atoms with E-state index in [1.807, 2.05) is 13.0 Å². The lowest BCUT2D eigenvalue weighted by Gasteiger charge is -2.20. The maximum Gasteiger partial charge on any atom is 0.251 e. The third kappa shape index (κ3) is 3.74. The highest BCUT2D eigenvalue weighted by Gasteiger charge is 2.16. The number of rotatable bonds is 5. The van der Waals surface area contributed by atoms with Crippen LogP contribution < -0.4 is 19.5 Å². The summed E-state index contributed by atoms with van der Waals surface area (Å²) in [5.41, 5.74) is 1.49. The summed E-state index contributed by atoms with van der Waals surface area (Å²) in [5.74, 6) is 1.80. The van der Waals surface area contributed by atoms with Gasteiger partial charge in [-0.2, -0.15) is 0 Å². The number of carbonyl (C=O) groups is 1. The van der Waals surface area contributed by atoms with Gasteiger partial charge in [-0.3, -0.25) is 4.79 Å². The monoisotopic (exact) mass is 347 g/mol. The van der Waals surface area contributed by atoms with Gasteiger partial charge in [-0.25, -0.2) is 0 Å². The second-order valence-corrected chi connectivity index (χ2v) is 5.68. The summed E-state index contributed by atoms with van der Waals surface area (Å²) in [5, 5.41) is 3.27. The number of hydrogen-bond acceptors (Lipinski definition) is 4. The average Bonchev–Trinajstić information content (AvgIpc) is 2.61. The van der Waals surface area contributed by atoms with Crippen molar-refractivity contribution in [3.63, 3.8) is 0 Å². The molecule has 0 aliphatic carbocycles. The van der Waals surface area contributed by atoms with E-state index in [4.69, 9.17) is 25.8 Å². The van der Waals surface area contributed by atoms with Crippen LogP contribution in [0, 0.1) is 0 Å². The number of halogens is 1. The molecular weight excluding hydrogens is 330 g/mol. The van der Waals surface area contributed by atoms with Crippen molar-refractivity contribution >= 4 is 17.5 Å². The number of fused-ring (bicyclic) bond motifs is 1. The number of nitrogens with one attached hydrogen (secondary N) is 1. The number of benzene rings is 2. The van der Waals surface area contributed by atoms with Crippen LogP contribution in [0.1, 0.15) is 22.8 Å². The molecule has 1 amide bonds. The van der Waals surface area contributed by atoms with Crippen LogP contribution in [0.25, 0.3) is 0 Å². The SMILES string of the molecule is CCNC(=O)c1ccc(OCc2cc(Cl)c3c(c2)OCCO3)cc1. The fourth-order valence-electron chi connectivity index (χ4n) is 2.38. The zero-order chi connectivity index (χ0) is 16.9. The van der Waals surface area contributed by atoms with Crippen molar-refractivity contribution in [3.8, 4) is 17.2 Å². The molecule has 1 aliphatic heterocycles. The van der Waals surface area contributed by atoms with Gasteiger partial charge >= 0.3 is 0 Å². The normalized spacial score (nSPS) is 12.6. The van der Waals surface area contributed by atoms with Crippen LogP contribution in [-0.4, -0.2) is 25.7 Å². The first-order valence-electron chi connectivity index (χ1n) is 7.76. The summed E-state index contributed by atoms with van der Waals surface area (Å²) in [6, 6.07) is 10.7. The quantitative estimate of drug-likeness (QED) is 0.900. The summed E-state index contributed by atoms with van der Waals surface area (Å²) in [4.78, 5) is 11.7. The fraction of sp³-hybridized carbons (Fsp3) is 0.278. The highest BCUT2D eigenvalue weighted by atomic mass is 35.5. The van der Waals surface area contributed by atoms with E-state index in [9.17, 15) is 4.79 Å². The Bertz CT molecular complexity index is 731. The molecule has 6 heteroatoms. The fourth-order valence-corrected chi connectivity index (χ4v) is 2.67. The van der Waals surface area contributed by atoms with Gasteiger partial charge in [-0.05, 0) is 48.9 Å². The predicted octanol–water partition coefficient (Wildman–Crippen LogP) is 3.44. The van der Waals surface area contributed by atoms with Gasteiger partial charge in [0.25, 0.3) is 5.91 Å². The van der Waals surface area contributed by atoms with E-state index in [-0.39, 0.29) is 5.91 Å². The third-order valence-electron chi connectivity index (χ3n) is 3.52. The molecule has 0 spiro atoms. The Morgan fingerprint density at radius 3 is 2.71 bits per heavy atom. The zero-order valence-electron chi connectivity index (χ0n) is 13.3. The lowest BCUT2D eigenvalue weighted by Crippen LogP contribution is -2.22. The molecule has 2 aromatic carbocycles. The summed E-state index contributed by atoms with van der Waals surface area (Å²) < 4.78 is 16.8. The minimum atomic E-state index is -0.0948. The highest BCUT2D eigenvalue weighted by Crippen LogP contribution is 2.38. The van der Waals surface area contributed by atoms with Gasteiger partial charge < -0.3 is 19.5 Å². The van der Waals surface area contributed by atoms with Crippen LogP contribution in [0.5, 0.6) is 17.2 Å². The average molecular weight is 348 g/mol. The van der Waals surface area contributed by atoms with E-state index in [2.05, 4.69) is 5.32 Å². The van der Waals surface area contributed by atoms with E-state index in [0.29, 0.717) is 54.2 Å². The van der Waals surface area contributed by atoms with Crippen LogP contribution in [-0.2, 0) is 6.61 Å². The first-order valence-corrected chi connectivity index (χ1v) is 8.14. The molecule has 1 heterocycles. The van der Waals surface area contributed by atoms with E-state index in [0.717, 1.165) is 5.56 Å². The highest BCUT2D eigenvalue weighted by molar-refractivity contribution is 6.32. The Kier molecular flexibility index (Phi) is 5.11. The van der Waals surface area contributed by atoms with Crippen molar-refractivity contribution in [3.05, 3.63) is 52.5 Å². The van der Waals surface area contributed by atoms with Crippen molar-refractivity contribution in [2.24, 2.45) is 0 Å². The minimum Gasteiger partial charge on any atom is -0.489 e. The van der Waals surface area contributed by atoms with Gasteiger partial charge in [0.2, 0.25) is 0 Å². The first kappa shape index (κ1) is 16.5. The molecule has 1 N–H and O–H groups in total. The van der Waals surface area contributed by atoms with Gasteiger partial charge in [0.1, 0.15) is 25.6 Å². The number of hydrogen-bond donors (Lipinski definition) is 1. The summed E-state index contributed by atoms with van der Waals surface area (Å²) in [6.07, 6.45) is 0. The maximum atomic E-state index is 11.7. The lowest BCUT2D eigenvalue weighted by molar-refractivity contribution is 0.0956. The third-order valence-corrected chi connectivity index (χ3v) is 3.80. The van der Waals surface area contributed by atoms with Crippen LogP contribution in [0.2, 0.25) is 5.02 Å². The minimum absolute atomic E-state index is 0.0948. The molecule has 3 rings (SSSR count). The Hall–Kier alpha value is -2.40. The molecule has 0 bridgehead atoms. The summed E-state index contributed by atoms with van der Waals surface area (Å²) >= 11 is 6.21. The van der Waals surface area contributed by atoms with Gasteiger partial charge in [0.15, 0.2) is 11.5 Å². The lowest BCUT2D eigenvalue weighted by atomic mass is 10.2. The molecule has 0 fully saturated rings. The largest absolute Gasteiger partial charge is 0.489 e. The van der Waals surface area contributed by atoms with Crippen LogP contribution in [0.15, 0.2) is 36.4 Å². The van der Waals surface area contributed by atoms with Crippen LogP contribution in [0.4, 0.5) is 0 Å². The molecule has 0 atom stereocenters. The second-order valence-electron chi connectivity index (χ2n) is 5.27. The summed E-state index contributed by atoms with van der Waals surface area (Å²) in [6.45, 7) is 3.84. The maximum absolute atomic E-state index is 11.7. The first-order chi connectivity index (χ1) is 11.7. The van der Waals surface area contributed by atoms with Crippen molar-refractivity contribution in [1.82, 2.24) is 5.32 Å². The topological polar surface area (TPSA) is 56.8 Å². The Morgan fingerprint density at radius 1 is 1.21 bits per heavy atom. The molecule has 2 aromatic rings. The van der Waals surface area contributed by atoms with E-state index >= 15 is 0 Å². The molecular formula is C18H18ClNO4.